The van der Waals surface area contributed by atoms with Crippen LogP contribution < -0.4 is 5.11 Å². The molecule has 0 aromatic rings. The zero-order chi connectivity index (χ0) is 14.9. The zero-order valence-electron chi connectivity index (χ0n) is 11.7. The van der Waals surface area contributed by atoms with Crippen LogP contribution in [0, 0.1) is 0 Å². The molecule has 0 rings (SSSR count). The highest BCUT2D eigenvalue weighted by atomic mass is 35.5. The highest BCUT2D eigenvalue weighted by Crippen LogP contribution is 2.58. The van der Waals surface area contributed by atoms with Gasteiger partial charge in [-0.15, -0.1) is 0 Å². The molecule has 0 bridgehead atoms. The molecule has 0 fully saturated rings. The average Bonchev–Trinajstić information content (AvgIpc) is 2.37. The Hall–Kier alpha value is -0.100. The minimum atomic E-state index is -3.80. The summed E-state index contributed by atoms with van der Waals surface area (Å²) in [5, 5.41) is 12.1. The van der Waals surface area contributed by atoms with Gasteiger partial charge in [0.25, 0.3) is 0 Å². The Labute approximate surface area is 119 Å². The van der Waals surface area contributed by atoms with E-state index in [-0.39, 0.29) is 26.4 Å². The second kappa shape index (κ2) is 9.75. The Morgan fingerprint density at radius 2 is 1.47 bits per heavy atom. The van der Waals surface area contributed by atoms with Crippen LogP contribution in [-0.2, 0) is 23.1 Å². The maximum absolute atomic E-state index is 12.3. The van der Waals surface area contributed by atoms with Gasteiger partial charge in [-0.1, -0.05) is 11.6 Å². The van der Waals surface area contributed by atoms with Crippen molar-refractivity contribution in [3.05, 3.63) is 10.5 Å². The molecule has 0 unspecified atom stereocenters. The van der Waals surface area contributed by atoms with Crippen LogP contribution in [0.2, 0.25) is 0 Å². The molecule has 0 spiro atoms. The Bertz CT molecular complexity index is 317. The molecule has 114 valence electrons. The van der Waals surface area contributed by atoms with E-state index in [1.165, 1.54) is 0 Å². The lowest BCUT2D eigenvalue weighted by atomic mass is 10.5. The van der Waals surface area contributed by atoms with Crippen LogP contribution in [0.25, 0.3) is 0 Å². The summed E-state index contributed by atoms with van der Waals surface area (Å²) in [5.41, 5.74) is 0. The summed E-state index contributed by atoms with van der Waals surface area (Å²) >= 11 is 5.86. The molecule has 0 N–H and O–H groups in total. The van der Waals surface area contributed by atoms with Crippen LogP contribution in [0.1, 0.15) is 27.7 Å². The predicted molar refractivity (Wildman–Crippen MR) is 70.8 cm³/mol. The summed E-state index contributed by atoms with van der Waals surface area (Å²) < 4.78 is 32.0. The van der Waals surface area contributed by atoms with E-state index in [1.54, 1.807) is 27.7 Å². The van der Waals surface area contributed by atoms with Crippen molar-refractivity contribution in [1.82, 2.24) is 0 Å². The van der Waals surface area contributed by atoms with E-state index in [0.717, 1.165) is 0 Å². The molecule has 0 aliphatic carbocycles. The lowest BCUT2D eigenvalue weighted by Crippen LogP contribution is -2.28. The van der Waals surface area contributed by atoms with E-state index in [4.69, 9.17) is 30.1 Å². The second-order valence-electron chi connectivity index (χ2n) is 3.23. The van der Waals surface area contributed by atoms with Crippen LogP contribution in [0.3, 0.4) is 0 Å². The molecular weight excluding hydrogens is 295 g/mol. The normalized spacial score (nSPS) is 13.8. The minimum Gasteiger partial charge on any atom is -0.871 e. The molecule has 0 saturated carbocycles. The molecule has 0 aliphatic heterocycles. The fourth-order valence-corrected chi connectivity index (χ4v) is 2.96. The van der Waals surface area contributed by atoms with Crippen molar-refractivity contribution in [2.75, 3.05) is 26.4 Å². The first kappa shape index (κ1) is 18.9. The molecule has 0 aliphatic rings. The van der Waals surface area contributed by atoms with Gasteiger partial charge >= 0.3 is 7.60 Å². The van der Waals surface area contributed by atoms with Gasteiger partial charge < -0.3 is 23.6 Å². The third-order valence-corrected chi connectivity index (χ3v) is 4.60. The van der Waals surface area contributed by atoms with Crippen LogP contribution in [0.4, 0.5) is 0 Å². The monoisotopic (exact) mass is 315 g/mol. The van der Waals surface area contributed by atoms with Crippen molar-refractivity contribution in [3.8, 4) is 0 Å². The van der Waals surface area contributed by atoms with Crippen molar-refractivity contribution in [3.63, 3.8) is 0 Å². The van der Waals surface area contributed by atoms with Crippen LogP contribution in [0.15, 0.2) is 10.5 Å². The first-order chi connectivity index (χ1) is 8.96. The van der Waals surface area contributed by atoms with Crippen molar-refractivity contribution >= 4 is 19.2 Å². The van der Waals surface area contributed by atoms with E-state index in [0.29, 0.717) is 0 Å². The Morgan fingerprint density at radius 3 is 1.79 bits per heavy atom. The summed E-state index contributed by atoms with van der Waals surface area (Å²) in [6.07, 6.45) is -1.20. The Kier molecular flexibility index (Phi) is 9.70. The fourth-order valence-electron chi connectivity index (χ4n) is 1.22. The van der Waals surface area contributed by atoms with Crippen LogP contribution in [0.5, 0.6) is 0 Å². The van der Waals surface area contributed by atoms with E-state index in [2.05, 4.69) is 0 Å². The van der Waals surface area contributed by atoms with Gasteiger partial charge in [0.15, 0.2) is 6.29 Å². The van der Waals surface area contributed by atoms with E-state index >= 15 is 0 Å². The van der Waals surface area contributed by atoms with Gasteiger partial charge in [0.1, 0.15) is 4.77 Å². The average molecular weight is 316 g/mol. The summed E-state index contributed by atoms with van der Waals surface area (Å²) in [5.74, 6) is -0.740. The van der Waals surface area contributed by atoms with Crippen molar-refractivity contribution in [1.29, 1.82) is 0 Å². The minimum absolute atomic E-state index is 0.106. The van der Waals surface area contributed by atoms with Gasteiger partial charge in [-0.2, -0.15) is 0 Å². The van der Waals surface area contributed by atoms with Gasteiger partial charge in [-0.25, -0.2) is 0 Å². The first-order valence-electron chi connectivity index (χ1n) is 6.16. The fraction of sp³-hybridized carbons (Fsp3) is 0.818. The SMILES string of the molecule is CCOC(OCC)/C([O-])=C(\Cl)P(=O)(OCC)OCC. The standard InChI is InChI=1S/C11H22ClO6P/c1-5-15-11(16-6-2)9(13)10(12)19(14,17-7-3)18-8-4/h11,13H,5-8H2,1-4H3/p-1/b10-9-. The highest BCUT2D eigenvalue weighted by Gasteiger charge is 2.30. The topological polar surface area (TPSA) is 77.0 Å². The van der Waals surface area contributed by atoms with E-state index in [9.17, 15) is 9.67 Å². The second-order valence-corrected chi connectivity index (χ2v) is 5.83. The first-order valence-corrected chi connectivity index (χ1v) is 8.08. The third-order valence-electron chi connectivity index (χ3n) is 1.89. The maximum Gasteiger partial charge on any atom is 0.371 e. The molecule has 0 amide bonds. The van der Waals surface area contributed by atoms with Crippen LogP contribution in [-0.4, -0.2) is 32.7 Å². The number of hydrogen-bond donors (Lipinski definition) is 0. The number of rotatable bonds is 10. The molecule has 0 heterocycles. The predicted octanol–water partition coefficient (Wildman–Crippen LogP) is 2.42. The van der Waals surface area contributed by atoms with Gasteiger partial charge in [0, 0.05) is 13.2 Å². The van der Waals surface area contributed by atoms with Gasteiger partial charge in [0.05, 0.1) is 13.2 Å². The molecule has 8 heteroatoms. The van der Waals surface area contributed by atoms with Crippen LogP contribution >= 0.6 is 19.2 Å². The molecular formula is C11H21ClO6P-. The Morgan fingerprint density at radius 1 is 1.05 bits per heavy atom. The zero-order valence-corrected chi connectivity index (χ0v) is 13.3. The number of ether oxygens (including phenoxy) is 2. The third kappa shape index (κ3) is 5.81. The quantitative estimate of drug-likeness (QED) is 0.350. The van der Waals surface area contributed by atoms with Crippen molar-refractivity contribution < 1.29 is 28.2 Å². The smallest absolute Gasteiger partial charge is 0.371 e. The van der Waals surface area contributed by atoms with Gasteiger partial charge in [0.2, 0.25) is 0 Å². The molecule has 0 aromatic carbocycles. The lowest BCUT2D eigenvalue weighted by Gasteiger charge is -2.27. The molecule has 19 heavy (non-hydrogen) atoms. The summed E-state index contributed by atoms with van der Waals surface area (Å²) in [4.78, 5) is 0. The summed E-state index contributed by atoms with van der Waals surface area (Å²) in [7, 11) is -3.80. The highest BCUT2D eigenvalue weighted by molar-refractivity contribution is 7.61. The molecule has 0 radical (unpaired) electrons. The van der Waals surface area contributed by atoms with Gasteiger partial charge in [-0.3, -0.25) is 4.57 Å². The van der Waals surface area contributed by atoms with E-state index in [1.807, 2.05) is 0 Å². The van der Waals surface area contributed by atoms with Gasteiger partial charge in [-0.05, 0) is 33.5 Å². The molecule has 6 nitrogen and oxygen atoms in total. The number of halogens is 1. The van der Waals surface area contributed by atoms with Crippen molar-refractivity contribution in [2.24, 2.45) is 0 Å². The molecule has 0 atom stereocenters. The summed E-state index contributed by atoms with van der Waals surface area (Å²) in [6.45, 7) is 7.40. The number of hydrogen-bond acceptors (Lipinski definition) is 6. The van der Waals surface area contributed by atoms with Crippen molar-refractivity contribution in [2.45, 2.75) is 34.0 Å². The largest absolute Gasteiger partial charge is 0.871 e. The summed E-state index contributed by atoms with van der Waals surface area (Å²) in [6, 6.07) is 0. The maximum atomic E-state index is 12.3. The van der Waals surface area contributed by atoms with E-state index < -0.39 is 24.4 Å². The molecule has 0 aromatic heterocycles. The molecule has 0 saturated heterocycles. The Balaban J connectivity index is 5.28. The lowest BCUT2D eigenvalue weighted by molar-refractivity contribution is -0.346.